The summed E-state index contributed by atoms with van der Waals surface area (Å²) in [7, 11) is 0. The number of pyridine rings is 2. The highest BCUT2D eigenvalue weighted by Gasteiger charge is 2.23. The summed E-state index contributed by atoms with van der Waals surface area (Å²) in [6.07, 6.45) is 8.82. The van der Waals surface area contributed by atoms with E-state index in [0.717, 1.165) is 137 Å². The second-order valence-electron chi connectivity index (χ2n) is 15.5. The van der Waals surface area contributed by atoms with Crippen LogP contribution < -0.4 is 21.7 Å². The SMILES string of the molecule is NC1CCC(O)CC1.O=C1NCCc2[nH]c(-c3cccc4ccc(Cl)nc34)cc21.O=C1NCCc2[nH]c(-c3cccc4ccc(NC5CCC(O)CC5)nc34)cc21. The maximum Gasteiger partial charge on any atom is 0.253 e. The molecule has 2 aromatic carbocycles. The highest BCUT2D eigenvalue weighted by atomic mass is 35.5. The van der Waals surface area contributed by atoms with Gasteiger partial charge in [-0.15, -0.1) is 0 Å². The molecule has 0 atom stereocenters. The van der Waals surface area contributed by atoms with Gasteiger partial charge in [0, 0.05) is 82.7 Å². The van der Waals surface area contributed by atoms with Gasteiger partial charge in [-0.3, -0.25) is 9.59 Å². The number of aliphatic hydroxyl groups excluding tert-OH is 2. The molecule has 2 aliphatic heterocycles. The fourth-order valence-electron chi connectivity index (χ4n) is 8.19. The van der Waals surface area contributed by atoms with Gasteiger partial charge in [-0.1, -0.05) is 48.0 Å². The number of halogens is 1. The van der Waals surface area contributed by atoms with E-state index in [4.69, 9.17) is 27.4 Å². The van der Waals surface area contributed by atoms with E-state index in [1.807, 2.05) is 54.6 Å². The Bertz CT molecular complexity index is 2380. The quantitative estimate of drug-likeness (QED) is 0.0910. The van der Waals surface area contributed by atoms with Gasteiger partial charge in [0.05, 0.1) is 34.4 Å². The van der Waals surface area contributed by atoms with Gasteiger partial charge < -0.3 is 41.9 Å². The van der Waals surface area contributed by atoms with Gasteiger partial charge in [-0.25, -0.2) is 9.97 Å². The molecule has 0 bridgehead atoms. The molecule has 2 fully saturated rings. The van der Waals surface area contributed by atoms with Crippen molar-refractivity contribution < 1.29 is 19.8 Å². The van der Waals surface area contributed by atoms with E-state index in [9.17, 15) is 14.7 Å². The second kappa shape index (κ2) is 17.1. The number of nitrogens with zero attached hydrogens (tertiary/aromatic N) is 2. The molecule has 0 unspecified atom stereocenters. The first-order valence-electron chi connectivity index (χ1n) is 20.0. The smallest absolute Gasteiger partial charge is 0.253 e. The number of aliphatic hydroxyl groups is 2. The van der Waals surface area contributed by atoms with Gasteiger partial charge in [-0.2, -0.15) is 0 Å². The fraction of sp³-hybridized carbons (Fsp3) is 0.364. The summed E-state index contributed by atoms with van der Waals surface area (Å²) >= 11 is 6.02. The van der Waals surface area contributed by atoms with Crippen molar-refractivity contribution in [3.63, 3.8) is 0 Å². The highest BCUT2D eigenvalue weighted by Crippen LogP contribution is 2.32. The predicted octanol–water partition coefficient (Wildman–Crippen LogP) is 6.65. The number of nitrogens with one attached hydrogen (secondary N) is 5. The molecule has 2 aliphatic carbocycles. The Hall–Kier alpha value is -5.27. The number of rotatable bonds is 4. The van der Waals surface area contributed by atoms with Gasteiger partial charge in [-0.05, 0) is 87.8 Å². The number of nitrogens with two attached hydrogens (primary N) is 1. The van der Waals surface area contributed by atoms with Gasteiger partial charge in [0.1, 0.15) is 11.0 Å². The Kier molecular flexibility index (Phi) is 11.6. The zero-order chi connectivity index (χ0) is 39.5. The lowest BCUT2D eigenvalue weighted by Crippen LogP contribution is -2.31. The summed E-state index contributed by atoms with van der Waals surface area (Å²) in [6.45, 7) is 1.34. The summed E-state index contributed by atoms with van der Waals surface area (Å²) < 4.78 is 0. The van der Waals surface area contributed by atoms with E-state index in [-0.39, 0.29) is 24.0 Å². The maximum atomic E-state index is 12.1. The minimum absolute atomic E-state index is 0.0150. The summed E-state index contributed by atoms with van der Waals surface area (Å²) in [6, 6.07) is 24.5. The standard InChI is InChI=1S/C22H24N4O2.C16H12ClN3O.C6H13NO/c27-15-7-5-14(6-8-15)24-20-9-4-13-2-1-3-16(21(13)26-20)19-12-17-18(25-19)10-11-23-22(17)28;17-14-5-4-9-2-1-3-10(15(9)20-14)13-8-11-12(19-13)6-7-18-16(11)21;7-5-1-3-6(8)4-2-5/h1-4,9,12,14-15,25,27H,5-8,10-11H2,(H,23,28)(H,24,26);1-5,8,19H,6-7H2,(H,18,21);5-6,8H,1-4,7H2. The van der Waals surface area contributed by atoms with Crippen molar-refractivity contribution in [1.82, 2.24) is 30.6 Å². The third-order valence-electron chi connectivity index (χ3n) is 11.4. The molecule has 4 aliphatic rings. The molecular formula is C44H49ClN8O4. The summed E-state index contributed by atoms with van der Waals surface area (Å²) in [5, 5.41) is 30.5. The Labute approximate surface area is 336 Å². The molecule has 296 valence electrons. The maximum absolute atomic E-state index is 12.1. The molecule has 4 aromatic heterocycles. The van der Waals surface area contributed by atoms with Gasteiger partial charge in [0.15, 0.2) is 0 Å². The Morgan fingerprint density at radius 2 is 1.14 bits per heavy atom. The molecule has 0 radical (unpaired) electrons. The number of para-hydroxylation sites is 2. The lowest BCUT2D eigenvalue weighted by molar-refractivity contribution is 0.0937. The van der Waals surface area contributed by atoms with Crippen molar-refractivity contribution >= 4 is 51.0 Å². The third-order valence-corrected chi connectivity index (χ3v) is 11.6. The molecule has 9 N–H and O–H groups in total. The molecule has 12 nitrogen and oxygen atoms in total. The number of benzene rings is 2. The van der Waals surface area contributed by atoms with Crippen LogP contribution in [-0.2, 0) is 12.8 Å². The van der Waals surface area contributed by atoms with Crippen LogP contribution in [0.1, 0.15) is 83.5 Å². The Morgan fingerprint density at radius 1 is 0.632 bits per heavy atom. The minimum atomic E-state index is -0.162. The largest absolute Gasteiger partial charge is 0.393 e. The van der Waals surface area contributed by atoms with Crippen LogP contribution in [0.3, 0.4) is 0 Å². The summed E-state index contributed by atoms with van der Waals surface area (Å²) in [5.41, 5.74) is 14.5. The fourth-order valence-corrected chi connectivity index (χ4v) is 8.34. The van der Waals surface area contributed by atoms with Crippen LogP contribution in [0.25, 0.3) is 44.3 Å². The van der Waals surface area contributed by atoms with Crippen LogP contribution in [0.15, 0.2) is 72.8 Å². The van der Waals surface area contributed by atoms with Crippen LogP contribution >= 0.6 is 11.6 Å². The number of hydrogen-bond donors (Lipinski definition) is 8. The van der Waals surface area contributed by atoms with Gasteiger partial charge in [0.2, 0.25) is 0 Å². The first-order chi connectivity index (χ1) is 27.7. The first kappa shape index (κ1) is 38.6. The highest BCUT2D eigenvalue weighted by molar-refractivity contribution is 6.29. The zero-order valence-corrected chi connectivity index (χ0v) is 32.5. The number of carbonyl (C=O) groups is 2. The topological polar surface area (TPSA) is 194 Å². The van der Waals surface area contributed by atoms with Crippen LogP contribution in [0.2, 0.25) is 5.15 Å². The van der Waals surface area contributed by atoms with Crippen molar-refractivity contribution in [1.29, 1.82) is 0 Å². The summed E-state index contributed by atoms with van der Waals surface area (Å²) in [5.74, 6) is 0.819. The zero-order valence-electron chi connectivity index (χ0n) is 31.8. The molecule has 13 heteroatoms. The van der Waals surface area contributed by atoms with Crippen molar-refractivity contribution in [2.45, 2.75) is 88.5 Å². The van der Waals surface area contributed by atoms with Crippen LogP contribution in [0, 0.1) is 0 Å². The monoisotopic (exact) mass is 788 g/mol. The third kappa shape index (κ3) is 8.84. The molecule has 0 spiro atoms. The first-order valence-corrected chi connectivity index (χ1v) is 20.4. The Morgan fingerprint density at radius 3 is 1.67 bits per heavy atom. The Balaban J connectivity index is 0.000000137. The van der Waals surface area contributed by atoms with E-state index < -0.39 is 0 Å². The molecule has 10 rings (SSSR count). The number of H-pyrrole nitrogens is 2. The second-order valence-corrected chi connectivity index (χ2v) is 15.9. The van der Waals surface area contributed by atoms with Crippen LogP contribution in [-0.4, -0.2) is 79.3 Å². The van der Waals surface area contributed by atoms with E-state index in [1.165, 1.54) is 0 Å². The molecule has 6 heterocycles. The number of anilines is 1. The number of aromatic nitrogens is 4. The molecular weight excluding hydrogens is 740 g/mol. The minimum Gasteiger partial charge on any atom is -0.393 e. The molecule has 57 heavy (non-hydrogen) atoms. The van der Waals surface area contributed by atoms with E-state index in [2.05, 4.69) is 43.0 Å². The molecule has 0 saturated heterocycles. The van der Waals surface area contributed by atoms with E-state index in [0.29, 0.717) is 30.3 Å². The summed E-state index contributed by atoms with van der Waals surface area (Å²) in [4.78, 5) is 40.1. The number of carbonyl (C=O) groups excluding carboxylic acids is 2. The van der Waals surface area contributed by atoms with Crippen molar-refractivity contribution in [2.24, 2.45) is 5.73 Å². The average molecular weight is 789 g/mol. The predicted molar refractivity (Wildman–Crippen MR) is 224 cm³/mol. The number of hydrogen-bond acceptors (Lipinski definition) is 8. The number of fused-ring (bicyclic) bond motifs is 4. The molecule has 2 amide bonds. The van der Waals surface area contributed by atoms with Crippen molar-refractivity contribution in [3.05, 3.63) is 100 Å². The van der Waals surface area contributed by atoms with Crippen molar-refractivity contribution in [2.75, 3.05) is 18.4 Å². The number of amides is 2. The van der Waals surface area contributed by atoms with Crippen LogP contribution in [0.4, 0.5) is 5.82 Å². The molecule has 2 saturated carbocycles. The van der Waals surface area contributed by atoms with E-state index >= 15 is 0 Å². The normalized spacial score (nSPS) is 21.5. The van der Waals surface area contributed by atoms with Gasteiger partial charge >= 0.3 is 0 Å². The molecule has 6 aromatic rings. The van der Waals surface area contributed by atoms with Crippen LogP contribution in [0.5, 0.6) is 0 Å². The van der Waals surface area contributed by atoms with E-state index in [1.54, 1.807) is 6.07 Å². The lowest BCUT2D eigenvalue weighted by atomic mass is 9.93. The number of aromatic amines is 2. The lowest BCUT2D eigenvalue weighted by Gasteiger charge is -2.26. The van der Waals surface area contributed by atoms with Gasteiger partial charge in [0.25, 0.3) is 11.8 Å². The average Bonchev–Trinajstić information content (AvgIpc) is 3.87. The van der Waals surface area contributed by atoms with Crippen molar-refractivity contribution in [3.8, 4) is 22.5 Å².